The van der Waals surface area contributed by atoms with Crippen LogP contribution in [0, 0.1) is 6.92 Å². The number of nitrogens with one attached hydrogen (secondary N) is 2. The largest absolute Gasteiger partial charge is 0.397 e. The maximum Gasteiger partial charge on any atom is 0.0987 e. The van der Waals surface area contributed by atoms with Crippen LogP contribution in [0.15, 0.2) is 73.3 Å². The molecule has 0 fully saturated rings. The predicted molar refractivity (Wildman–Crippen MR) is 192 cm³/mol. The van der Waals surface area contributed by atoms with Crippen molar-refractivity contribution in [3.05, 3.63) is 89.5 Å². The Balaban J connectivity index is 1.35. The van der Waals surface area contributed by atoms with Gasteiger partial charge in [-0.15, -0.1) is 11.3 Å². The summed E-state index contributed by atoms with van der Waals surface area (Å²) < 4.78 is 0. The Morgan fingerprint density at radius 1 is 0.652 bits per heavy atom. The van der Waals surface area contributed by atoms with E-state index < -0.39 is 0 Å². The molecule has 0 unspecified atom stereocenters. The van der Waals surface area contributed by atoms with Crippen molar-refractivity contribution >= 4 is 39.1 Å². The molecule has 5 aromatic heterocycles. The monoisotopic (exact) mass is 625 g/mol. The lowest BCUT2D eigenvalue weighted by atomic mass is 9.87. The second-order valence-electron chi connectivity index (χ2n) is 13.7. The number of fused-ring (bicyclic) bond motifs is 2. The molecule has 0 radical (unpaired) electrons. The number of aromatic nitrogens is 6. The van der Waals surface area contributed by atoms with Gasteiger partial charge < -0.3 is 15.7 Å². The number of nitrogen functional groups attached to an aromatic ring is 1. The molecule has 8 heteroatoms. The van der Waals surface area contributed by atoms with Gasteiger partial charge >= 0.3 is 0 Å². The third-order valence-corrected chi connectivity index (χ3v) is 10.8. The summed E-state index contributed by atoms with van der Waals surface area (Å²) >= 11 is 1.81. The first-order valence-corrected chi connectivity index (χ1v) is 16.6. The normalized spacial score (nSPS) is 12.4. The van der Waals surface area contributed by atoms with E-state index in [1.807, 2.05) is 6.92 Å². The molecule has 0 saturated carbocycles. The van der Waals surface area contributed by atoms with Crippen molar-refractivity contribution in [2.75, 3.05) is 5.73 Å². The highest BCUT2D eigenvalue weighted by Crippen LogP contribution is 2.43. The van der Waals surface area contributed by atoms with Gasteiger partial charge in [0.1, 0.15) is 0 Å². The SMILES string of the molecule is CCC(C)(C)c1ccc(-c2ccc(-c3[nH]c(-c4ccc(-c5ccc(C(C)(C)C)s5)c5nccnc45)c(N)c3C)c3nccnc23)[nH]1. The molecule has 0 aliphatic heterocycles. The van der Waals surface area contributed by atoms with Gasteiger partial charge in [-0.25, -0.2) is 0 Å². The van der Waals surface area contributed by atoms with Crippen LogP contribution in [0.25, 0.3) is 66.3 Å². The number of nitrogens with zero attached hydrogens (tertiary/aromatic N) is 4. The maximum atomic E-state index is 6.87. The molecule has 7 rings (SSSR count). The predicted octanol–water partition coefficient (Wildman–Crippen LogP) is 9.83. The molecule has 2 aromatic carbocycles. The Kier molecular flexibility index (Phi) is 7.09. The van der Waals surface area contributed by atoms with Crippen molar-refractivity contribution in [2.45, 2.75) is 65.7 Å². The molecule has 7 aromatic rings. The average Bonchev–Trinajstić information content (AvgIpc) is 3.81. The lowest BCUT2D eigenvalue weighted by Gasteiger charge is -2.21. The number of hydrogen-bond acceptors (Lipinski definition) is 6. The highest BCUT2D eigenvalue weighted by Gasteiger charge is 2.24. The highest BCUT2D eigenvalue weighted by atomic mass is 32.1. The van der Waals surface area contributed by atoms with Gasteiger partial charge in [-0.3, -0.25) is 19.9 Å². The number of rotatable bonds is 6. The summed E-state index contributed by atoms with van der Waals surface area (Å²) in [5.74, 6) is 0. The number of benzene rings is 2. The number of anilines is 1. The highest BCUT2D eigenvalue weighted by molar-refractivity contribution is 7.15. The van der Waals surface area contributed by atoms with Crippen LogP contribution in [0.2, 0.25) is 0 Å². The summed E-state index contributed by atoms with van der Waals surface area (Å²) in [6.45, 7) is 15.5. The lowest BCUT2D eigenvalue weighted by molar-refractivity contribution is 0.493. The number of thiophene rings is 1. The van der Waals surface area contributed by atoms with Crippen LogP contribution in [0.3, 0.4) is 0 Å². The number of H-pyrrole nitrogens is 2. The molecule has 0 saturated heterocycles. The first-order valence-electron chi connectivity index (χ1n) is 15.7. The summed E-state index contributed by atoms with van der Waals surface area (Å²) in [5, 5.41) is 0. The van der Waals surface area contributed by atoms with Crippen molar-refractivity contribution in [3.63, 3.8) is 0 Å². The third kappa shape index (κ3) is 4.88. The quantitative estimate of drug-likeness (QED) is 0.170. The molecule has 0 spiro atoms. The zero-order valence-electron chi connectivity index (χ0n) is 27.4. The Labute approximate surface area is 273 Å². The minimum Gasteiger partial charge on any atom is -0.397 e. The molecule has 4 N–H and O–H groups in total. The minimum atomic E-state index is 0.0564. The molecule has 46 heavy (non-hydrogen) atoms. The van der Waals surface area contributed by atoms with Crippen molar-refractivity contribution in [1.29, 1.82) is 0 Å². The molecule has 5 heterocycles. The summed E-state index contributed by atoms with van der Waals surface area (Å²) in [5.41, 5.74) is 19.9. The topological polar surface area (TPSA) is 109 Å². The molecule has 0 bridgehead atoms. The van der Waals surface area contributed by atoms with Crippen LogP contribution in [-0.2, 0) is 10.8 Å². The fourth-order valence-electron chi connectivity index (χ4n) is 6.05. The van der Waals surface area contributed by atoms with Crippen molar-refractivity contribution in [2.24, 2.45) is 0 Å². The van der Waals surface area contributed by atoms with Gasteiger partial charge in [-0.1, -0.05) is 47.6 Å². The van der Waals surface area contributed by atoms with Crippen LogP contribution < -0.4 is 5.73 Å². The smallest absolute Gasteiger partial charge is 0.0987 e. The third-order valence-electron chi connectivity index (χ3n) is 9.29. The molecule has 232 valence electrons. The van der Waals surface area contributed by atoms with E-state index in [4.69, 9.17) is 25.7 Å². The second-order valence-corrected chi connectivity index (χ2v) is 14.8. The van der Waals surface area contributed by atoms with Gasteiger partial charge in [-0.2, -0.15) is 0 Å². The van der Waals surface area contributed by atoms with Crippen LogP contribution in [0.5, 0.6) is 0 Å². The molecule has 0 aliphatic rings. The van der Waals surface area contributed by atoms with E-state index in [0.29, 0.717) is 5.69 Å². The fourth-order valence-corrected chi connectivity index (χ4v) is 7.14. The zero-order valence-corrected chi connectivity index (χ0v) is 28.2. The average molecular weight is 626 g/mol. The lowest BCUT2D eigenvalue weighted by Crippen LogP contribution is -2.15. The molecule has 0 amide bonds. The van der Waals surface area contributed by atoms with E-state index in [-0.39, 0.29) is 10.8 Å². The molecule has 0 aliphatic carbocycles. The summed E-state index contributed by atoms with van der Waals surface area (Å²) in [7, 11) is 0. The van der Waals surface area contributed by atoms with Gasteiger partial charge in [0.2, 0.25) is 0 Å². The van der Waals surface area contributed by atoms with Gasteiger partial charge in [0.15, 0.2) is 0 Å². The first kappa shape index (κ1) is 29.9. The van der Waals surface area contributed by atoms with Gasteiger partial charge in [0, 0.05) is 73.6 Å². The van der Waals surface area contributed by atoms with E-state index in [0.717, 1.165) is 73.4 Å². The Bertz CT molecular complexity index is 2240. The molecule has 0 atom stereocenters. The van der Waals surface area contributed by atoms with Crippen LogP contribution in [-0.4, -0.2) is 29.9 Å². The summed E-state index contributed by atoms with van der Waals surface area (Å²) in [6, 6.07) is 17.2. The van der Waals surface area contributed by atoms with E-state index in [1.54, 1.807) is 36.1 Å². The van der Waals surface area contributed by atoms with Crippen molar-refractivity contribution in [3.8, 4) is 44.2 Å². The van der Waals surface area contributed by atoms with E-state index in [2.05, 4.69) is 100 Å². The maximum absolute atomic E-state index is 6.87. The Morgan fingerprint density at radius 3 is 1.78 bits per heavy atom. The Morgan fingerprint density at radius 2 is 1.20 bits per heavy atom. The van der Waals surface area contributed by atoms with E-state index in [9.17, 15) is 0 Å². The summed E-state index contributed by atoms with van der Waals surface area (Å²) in [4.78, 5) is 29.1. The van der Waals surface area contributed by atoms with E-state index in [1.165, 1.54) is 15.4 Å². The molecular formula is C38H39N7S. The van der Waals surface area contributed by atoms with Crippen LogP contribution >= 0.6 is 11.3 Å². The summed E-state index contributed by atoms with van der Waals surface area (Å²) in [6.07, 6.45) is 8.04. The number of aromatic amines is 2. The first-order chi connectivity index (χ1) is 22.0. The molecular weight excluding hydrogens is 587 g/mol. The number of nitrogens with two attached hydrogens (primary N) is 1. The van der Waals surface area contributed by atoms with E-state index >= 15 is 0 Å². The zero-order chi connectivity index (χ0) is 32.4. The number of hydrogen-bond donors (Lipinski definition) is 3. The van der Waals surface area contributed by atoms with Gasteiger partial charge in [0.25, 0.3) is 0 Å². The minimum absolute atomic E-state index is 0.0564. The van der Waals surface area contributed by atoms with Crippen LogP contribution in [0.1, 0.15) is 64.1 Å². The van der Waals surface area contributed by atoms with Crippen LogP contribution in [0.4, 0.5) is 5.69 Å². The molecule has 7 nitrogen and oxygen atoms in total. The van der Waals surface area contributed by atoms with Gasteiger partial charge in [0.05, 0.1) is 39.1 Å². The fraction of sp³-hybridized carbons (Fsp3) is 0.263. The Hall–Kier alpha value is -4.82. The van der Waals surface area contributed by atoms with Crippen molar-refractivity contribution in [1.82, 2.24) is 29.9 Å². The standard InChI is InChI=1S/C38H39N7S/c1-8-38(6,7)28-15-13-26(44-28)22-9-11-24(35-33(22)40-17-19-42-35)31-21(2)30(39)32(45-31)25-12-10-23(34-36(25)43-20-18-41-34)27-14-16-29(46-27)37(3,4)5/h9-20,44-45H,8,39H2,1-7H3. The van der Waals surface area contributed by atoms with Gasteiger partial charge in [-0.05, 0) is 66.8 Å². The second kappa shape index (κ2) is 10.9. The van der Waals surface area contributed by atoms with Crippen molar-refractivity contribution < 1.29 is 0 Å².